The zero-order valence-corrected chi connectivity index (χ0v) is 25.6. The third-order valence-electron chi connectivity index (χ3n) is 7.05. The lowest BCUT2D eigenvalue weighted by Gasteiger charge is -2.33. The van der Waals surface area contributed by atoms with Crippen LogP contribution in [0.2, 0.25) is 0 Å². The van der Waals surface area contributed by atoms with Gasteiger partial charge in [0.25, 0.3) is 0 Å². The van der Waals surface area contributed by atoms with E-state index in [4.69, 9.17) is 19.3 Å². The van der Waals surface area contributed by atoms with E-state index in [0.29, 0.717) is 48.8 Å². The second-order valence-electron chi connectivity index (χ2n) is 11.5. The number of amides is 1. The molecular weight excluding hydrogens is 556 g/mol. The first kappa shape index (κ1) is 29.4. The van der Waals surface area contributed by atoms with Gasteiger partial charge in [0, 0.05) is 43.3 Å². The summed E-state index contributed by atoms with van der Waals surface area (Å²) in [7, 11) is -1.69. The Morgan fingerprint density at radius 2 is 1.62 bits per heavy atom. The summed E-state index contributed by atoms with van der Waals surface area (Å²) in [5, 5.41) is 4.87. The van der Waals surface area contributed by atoms with Crippen LogP contribution in [0.1, 0.15) is 39.3 Å². The molecule has 1 saturated heterocycles. The van der Waals surface area contributed by atoms with Gasteiger partial charge >= 0.3 is 6.09 Å². The number of nitrogens with zero attached hydrogens (tertiary/aromatic N) is 4. The van der Waals surface area contributed by atoms with Gasteiger partial charge in [0.15, 0.2) is 27.0 Å². The normalized spacial score (nSPS) is 14.7. The number of fused-ring (bicyclic) bond motifs is 1. The molecule has 1 aliphatic rings. The molecule has 0 N–H and O–H groups in total. The van der Waals surface area contributed by atoms with Crippen LogP contribution in [0.4, 0.5) is 4.79 Å². The Hall–Kier alpha value is -4.12. The molecular formula is C31H36N4O6S. The molecule has 0 spiro atoms. The minimum absolute atomic E-state index is 0.0523. The van der Waals surface area contributed by atoms with Gasteiger partial charge in [-0.2, -0.15) is 5.10 Å². The molecule has 1 aliphatic heterocycles. The number of aromatic nitrogens is 3. The van der Waals surface area contributed by atoms with Crippen LogP contribution >= 0.6 is 0 Å². The van der Waals surface area contributed by atoms with E-state index in [2.05, 4.69) is 4.98 Å². The molecule has 3 heterocycles. The predicted octanol–water partition coefficient (Wildman–Crippen LogP) is 5.56. The van der Waals surface area contributed by atoms with Gasteiger partial charge in [-0.05, 0) is 70.2 Å². The molecule has 0 atom stereocenters. The van der Waals surface area contributed by atoms with Crippen molar-refractivity contribution in [1.82, 2.24) is 19.5 Å². The lowest BCUT2D eigenvalue weighted by Crippen LogP contribution is -2.44. The number of methoxy groups -OCH3 is 1. The Labute approximate surface area is 246 Å². The van der Waals surface area contributed by atoms with E-state index in [0.717, 1.165) is 22.5 Å². The standard InChI is InChI=1S/C31H36N4O6S/c1-20-29(21-7-10-24(11-8-21)42(6,37)38)35-28(32-20)14-12-25(33-35)22-9-13-26(27(19-22)39-5)40-23-15-17-34(18-16-23)30(36)41-31(2,3)4/h7-14,19,23H,15-18H2,1-6H3. The third kappa shape index (κ3) is 6.35. The molecule has 222 valence electrons. The minimum Gasteiger partial charge on any atom is -0.493 e. The Bertz CT molecular complexity index is 1720. The molecule has 1 amide bonds. The van der Waals surface area contributed by atoms with Crippen molar-refractivity contribution < 1.29 is 27.4 Å². The molecule has 2 aromatic carbocycles. The third-order valence-corrected chi connectivity index (χ3v) is 8.18. The predicted molar refractivity (Wildman–Crippen MR) is 160 cm³/mol. The molecule has 0 saturated carbocycles. The molecule has 0 radical (unpaired) electrons. The summed E-state index contributed by atoms with van der Waals surface area (Å²) in [6.07, 6.45) is 2.22. The topological polar surface area (TPSA) is 112 Å². The quantitative estimate of drug-likeness (QED) is 0.286. The number of hydrogen-bond donors (Lipinski definition) is 0. The first-order chi connectivity index (χ1) is 19.8. The van der Waals surface area contributed by atoms with E-state index in [1.165, 1.54) is 6.26 Å². The maximum atomic E-state index is 12.4. The highest BCUT2D eigenvalue weighted by Gasteiger charge is 2.28. The summed E-state index contributed by atoms with van der Waals surface area (Å²) in [4.78, 5) is 19.0. The van der Waals surface area contributed by atoms with E-state index in [9.17, 15) is 13.2 Å². The Balaban J connectivity index is 1.35. The van der Waals surface area contributed by atoms with Crippen LogP contribution < -0.4 is 9.47 Å². The van der Waals surface area contributed by atoms with Crippen molar-refractivity contribution in [1.29, 1.82) is 0 Å². The molecule has 4 aromatic rings. The van der Waals surface area contributed by atoms with Gasteiger partial charge in [0.2, 0.25) is 0 Å². The summed E-state index contributed by atoms with van der Waals surface area (Å²) in [6, 6.07) is 16.2. The van der Waals surface area contributed by atoms with Crippen LogP contribution in [-0.4, -0.2) is 72.2 Å². The van der Waals surface area contributed by atoms with E-state index in [-0.39, 0.29) is 17.1 Å². The molecule has 2 aromatic heterocycles. The van der Waals surface area contributed by atoms with Gasteiger partial charge in [-0.25, -0.2) is 22.7 Å². The highest BCUT2D eigenvalue weighted by molar-refractivity contribution is 7.90. The number of carbonyl (C=O) groups excluding carboxylic acids is 1. The number of hydrogen-bond acceptors (Lipinski definition) is 8. The number of benzene rings is 2. The Morgan fingerprint density at radius 1 is 0.952 bits per heavy atom. The maximum absolute atomic E-state index is 12.4. The van der Waals surface area contributed by atoms with Crippen LogP contribution in [0.15, 0.2) is 59.5 Å². The number of sulfone groups is 1. The van der Waals surface area contributed by atoms with Crippen LogP contribution in [0.5, 0.6) is 11.5 Å². The van der Waals surface area contributed by atoms with Gasteiger partial charge in [0.05, 0.1) is 29.1 Å². The van der Waals surface area contributed by atoms with E-state index in [1.54, 1.807) is 40.8 Å². The maximum Gasteiger partial charge on any atom is 0.410 e. The summed E-state index contributed by atoms with van der Waals surface area (Å²) >= 11 is 0. The second-order valence-corrected chi connectivity index (χ2v) is 13.5. The molecule has 0 aliphatic carbocycles. The Morgan fingerprint density at radius 3 is 2.24 bits per heavy atom. The first-order valence-corrected chi connectivity index (χ1v) is 15.7. The van der Waals surface area contributed by atoms with Gasteiger partial charge < -0.3 is 19.1 Å². The summed E-state index contributed by atoms with van der Waals surface area (Å²) < 4.78 is 43.1. The molecule has 11 heteroatoms. The van der Waals surface area contributed by atoms with Crippen molar-refractivity contribution in [3.05, 3.63) is 60.3 Å². The fraction of sp³-hybridized carbons (Fsp3) is 0.387. The van der Waals surface area contributed by atoms with Gasteiger partial charge in [-0.1, -0.05) is 12.1 Å². The second kappa shape index (κ2) is 11.3. The van der Waals surface area contributed by atoms with Crippen LogP contribution in [-0.2, 0) is 14.6 Å². The first-order valence-electron chi connectivity index (χ1n) is 13.8. The summed E-state index contributed by atoms with van der Waals surface area (Å²) in [6.45, 7) is 8.62. The lowest BCUT2D eigenvalue weighted by atomic mass is 10.1. The SMILES string of the molecule is COc1cc(-c2ccc3nc(C)c(-c4ccc(S(C)(=O)=O)cc4)n3n2)ccc1OC1CCN(C(=O)OC(C)(C)C)CC1. The summed E-state index contributed by atoms with van der Waals surface area (Å²) in [5.74, 6) is 1.21. The van der Waals surface area contributed by atoms with Crippen molar-refractivity contribution in [2.45, 2.75) is 57.1 Å². The van der Waals surface area contributed by atoms with Crippen molar-refractivity contribution in [2.75, 3.05) is 26.5 Å². The average molecular weight is 593 g/mol. The number of carbonyl (C=O) groups is 1. The summed E-state index contributed by atoms with van der Waals surface area (Å²) in [5.41, 5.74) is 4.10. The van der Waals surface area contributed by atoms with Crippen molar-refractivity contribution in [3.8, 4) is 34.0 Å². The highest BCUT2D eigenvalue weighted by Crippen LogP contribution is 2.34. The van der Waals surface area contributed by atoms with Crippen LogP contribution in [0.25, 0.3) is 28.2 Å². The number of rotatable bonds is 6. The number of ether oxygens (including phenoxy) is 3. The molecule has 5 rings (SSSR count). The molecule has 10 nitrogen and oxygen atoms in total. The fourth-order valence-corrected chi connectivity index (χ4v) is 5.61. The number of aryl methyl sites for hydroxylation is 1. The van der Waals surface area contributed by atoms with Crippen LogP contribution in [0, 0.1) is 6.92 Å². The monoisotopic (exact) mass is 592 g/mol. The molecule has 0 unspecified atom stereocenters. The zero-order valence-electron chi connectivity index (χ0n) is 24.7. The molecule has 0 bridgehead atoms. The number of piperidine rings is 1. The van der Waals surface area contributed by atoms with E-state index in [1.807, 2.05) is 58.0 Å². The Kier molecular flexibility index (Phi) is 7.89. The van der Waals surface area contributed by atoms with Crippen molar-refractivity contribution >= 4 is 21.6 Å². The minimum atomic E-state index is -3.30. The largest absolute Gasteiger partial charge is 0.493 e. The van der Waals surface area contributed by atoms with Gasteiger partial charge in [0.1, 0.15) is 11.7 Å². The highest BCUT2D eigenvalue weighted by atomic mass is 32.2. The van der Waals surface area contributed by atoms with Crippen molar-refractivity contribution in [3.63, 3.8) is 0 Å². The number of likely N-dealkylation sites (tertiary alicyclic amines) is 1. The van der Waals surface area contributed by atoms with Crippen molar-refractivity contribution in [2.24, 2.45) is 0 Å². The number of imidazole rings is 1. The van der Waals surface area contributed by atoms with E-state index < -0.39 is 15.4 Å². The van der Waals surface area contributed by atoms with Crippen LogP contribution in [0.3, 0.4) is 0 Å². The lowest BCUT2D eigenvalue weighted by molar-refractivity contribution is 0.0124. The smallest absolute Gasteiger partial charge is 0.410 e. The molecule has 1 fully saturated rings. The average Bonchev–Trinajstić information content (AvgIpc) is 3.27. The van der Waals surface area contributed by atoms with E-state index >= 15 is 0 Å². The zero-order chi connectivity index (χ0) is 30.2. The fourth-order valence-electron chi connectivity index (χ4n) is 4.98. The van der Waals surface area contributed by atoms with Gasteiger partial charge in [-0.3, -0.25) is 0 Å². The molecule has 42 heavy (non-hydrogen) atoms. The van der Waals surface area contributed by atoms with Gasteiger partial charge in [-0.15, -0.1) is 0 Å².